The Morgan fingerprint density at radius 3 is 2.36 bits per heavy atom. The van der Waals surface area contributed by atoms with Crippen LogP contribution in [0, 0.1) is 6.92 Å². The molecule has 0 fully saturated rings. The highest BCUT2D eigenvalue weighted by molar-refractivity contribution is 7.86. The van der Waals surface area contributed by atoms with Crippen LogP contribution in [-0.4, -0.2) is 31.6 Å². The number of nitrogens with zero attached hydrogens (tertiary/aromatic N) is 1. The molecule has 1 heterocycles. The molecule has 0 unspecified atom stereocenters. The van der Waals surface area contributed by atoms with Gasteiger partial charge in [-0.15, -0.1) is 0 Å². The average molecular weight is 470 g/mol. The predicted octanol–water partition coefficient (Wildman–Crippen LogP) is 5.62. The second-order valence-corrected chi connectivity index (χ2v) is 10.7. The highest BCUT2D eigenvalue weighted by Gasteiger charge is 2.22. The van der Waals surface area contributed by atoms with Crippen molar-refractivity contribution < 1.29 is 22.1 Å². The number of para-hydroxylation sites is 1. The SMILES string of the molecule is Cc1ccc(S(=O)(=O)OCCCCCc2cc3ccccc3nc2C(=O)OC(C)(C)C)cc1. The molecular formula is C26H31NO5S. The summed E-state index contributed by atoms with van der Waals surface area (Å²) in [4.78, 5) is 17.5. The van der Waals surface area contributed by atoms with Crippen LogP contribution in [0.1, 0.15) is 61.6 Å². The van der Waals surface area contributed by atoms with Gasteiger partial charge in [0.15, 0.2) is 5.69 Å². The molecular weight excluding hydrogens is 438 g/mol. The number of hydrogen-bond donors (Lipinski definition) is 0. The fraction of sp³-hybridized carbons (Fsp3) is 0.385. The van der Waals surface area contributed by atoms with Gasteiger partial charge >= 0.3 is 5.97 Å². The van der Waals surface area contributed by atoms with Crippen molar-refractivity contribution in [2.75, 3.05) is 6.61 Å². The van der Waals surface area contributed by atoms with Crippen LogP contribution in [0.5, 0.6) is 0 Å². The number of pyridine rings is 1. The molecule has 0 N–H and O–H groups in total. The molecule has 0 saturated carbocycles. The summed E-state index contributed by atoms with van der Waals surface area (Å²) in [7, 11) is -3.75. The molecule has 7 heteroatoms. The maximum Gasteiger partial charge on any atom is 0.357 e. The van der Waals surface area contributed by atoms with Gasteiger partial charge in [-0.2, -0.15) is 8.42 Å². The number of hydrogen-bond acceptors (Lipinski definition) is 6. The van der Waals surface area contributed by atoms with Gasteiger partial charge < -0.3 is 4.74 Å². The van der Waals surface area contributed by atoms with E-state index in [0.717, 1.165) is 34.9 Å². The van der Waals surface area contributed by atoms with E-state index in [1.807, 2.05) is 58.0 Å². The van der Waals surface area contributed by atoms with Gasteiger partial charge in [-0.25, -0.2) is 9.78 Å². The number of aryl methyl sites for hydroxylation is 2. The van der Waals surface area contributed by atoms with E-state index >= 15 is 0 Å². The van der Waals surface area contributed by atoms with Crippen LogP contribution in [0.4, 0.5) is 0 Å². The zero-order valence-electron chi connectivity index (χ0n) is 19.6. The summed E-state index contributed by atoms with van der Waals surface area (Å²) >= 11 is 0. The molecule has 0 saturated heterocycles. The topological polar surface area (TPSA) is 82.6 Å². The van der Waals surface area contributed by atoms with Crippen LogP contribution < -0.4 is 0 Å². The Balaban J connectivity index is 1.59. The Kier molecular flexibility index (Phi) is 7.87. The second kappa shape index (κ2) is 10.4. The minimum absolute atomic E-state index is 0.116. The van der Waals surface area contributed by atoms with Crippen molar-refractivity contribution in [3.05, 3.63) is 71.4 Å². The maximum atomic E-state index is 12.8. The van der Waals surface area contributed by atoms with Gasteiger partial charge in [0.25, 0.3) is 10.1 Å². The van der Waals surface area contributed by atoms with E-state index in [9.17, 15) is 13.2 Å². The lowest BCUT2D eigenvalue weighted by Gasteiger charge is -2.20. The van der Waals surface area contributed by atoms with Crippen molar-refractivity contribution in [2.45, 2.75) is 63.9 Å². The zero-order chi connectivity index (χ0) is 24.1. The molecule has 0 bridgehead atoms. The minimum Gasteiger partial charge on any atom is -0.455 e. The smallest absolute Gasteiger partial charge is 0.357 e. The van der Waals surface area contributed by atoms with Crippen LogP contribution in [0.15, 0.2) is 59.5 Å². The van der Waals surface area contributed by atoms with Crippen molar-refractivity contribution >= 4 is 27.0 Å². The third kappa shape index (κ3) is 7.11. The molecule has 0 aliphatic rings. The number of esters is 1. The van der Waals surface area contributed by atoms with Gasteiger partial charge in [-0.05, 0) is 76.8 Å². The third-order valence-corrected chi connectivity index (χ3v) is 6.36. The number of rotatable bonds is 9. The van der Waals surface area contributed by atoms with Crippen LogP contribution in [-0.2, 0) is 25.5 Å². The summed E-state index contributed by atoms with van der Waals surface area (Å²) in [6, 6.07) is 16.2. The average Bonchev–Trinajstić information content (AvgIpc) is 2.74. The summed E-state index contributed by atoms with van der Waals surface area (Å²) in [5.74, 6) is -0.434. The highest BCUT2D eigenvalue weighted by atomic mass is 32.2. The van der Waals surface area contributed by atoms with Crippen molar-refractivity contribution in [2.24, 2.45) is 0 Å². The maximum absolute atomic E-state index is 12.8. The van der Waals surface area contributed by atoms with E-state index < -0.39 is 21.7 Å². The normalized spacial score (nSPS) is 12.1. The summed E-state index contributed by atoms with van der Waals surface area (Å²) in [5, 5.41) is 0.965. The number of unbranched alkanes of at least 4 members (excludes halogenated alkanes) is 2. The van der Waals surface area contributed by atoms with Crippen LogP contribution in [0.3, 0.4) is 0 Å². The highest BCUT2D eigenvalue weighted by Crippen LogP contribution is 2.22. The molecule has 0 spiro atoms. The quantitative estimate of drug-likeness (QED) is 0.230. The lowest BCUT2D eigenvalue weighted by molar-refractivity contribution is 0.00619. The molecule has 33 heavy (non-hydrogen) atoms. The van der Waals surface area contributed by atoms with E-state index in [0.29, 0.717) is 18.5 Å². The number of fused-ring (bicyclic) bond motifs is 1. The molecule has 0 atom stereocenters. The number of benzene rings is 2. The molecule has 0 aliphatic heterocycles. The van der Waals surface area contributed by atoms with Crippen molar-refractivity contribution in [1.82, 2.24) is 4.98 Å². The molecule has 3 aromatic rings. The Labute approximate surface area is 196 Å². The van der Waals surface area contributed by atoms with Crippen molar-refractivity contribution in [3.63, 3.8) is 0 Å². The molecule has 0 radical (unpaired) electrons. The fourth-order valence-electron chi connectivity index (χ4n) is 3.39. The number of ether oxygens (including phenoxy) is 1. The monoisotopic (exact) mass is 469 g/mol. The van der Waals surface area contributed by atoms with Gasteiger partial charge in [0.05, 0.1) is 17.0 Å². The number of carbonyl (C=O) groups excluding carboxylic acids is 1. The molecule has 3 rings (SSSR count). The number of aromatic nitrogens is 1. The van der Waals surface area contributed by atoms with Gasteiger partial charge in [-0.3, -0.25) is 4.18 Å². The second-order valence-electron chi connectivity index (χ2n) is 9.09. The van der Waals surface area contributed by atoms with Crippen LogP contribution in [0.25, 0.3) is 10.9 Å². The van der Waals surface area contributed by atoms with Crippen molar-refractivity contribution in [1.29, 1.82) is 0 Å². The zero-order valence-corrected chi connectivity index (χ0v) is 20.4. The fourth-order valence-corrected chi connectivity index (χ4v) is 4.33. The predicted molar refractivity (Wildman–Crippen MR) is 129 cm³/mol. The Morgan fingerprint density at radius 1 is 0.970 bits per heavy atom. The van der Waals surface area contributed by atoms with Crippen LogP contribution >= 0.6 is 0 Å². The summed E-state index contributed by atoms with van der Waals surface area (Å²) in [6.07, 6.45) is 2.75. The minimum atomic E-state index is -3.75. The van der Waals surface area contributed by atoms with E-state index in [4.69, 9.17) is 8.92 Å². The summed E-state index contributed by atoms with van der Waals surface area (Å²) < 4.78 is 35.3. The van der Waals surface area contributed by atoms with Gasteiger partial charge in [-0.1, -0.05) is 42.3 Å². The van der Waals surface area contributed by atoms with E-state index in [-0.39, 0.29) is 11.5 Å². The summed E-state index contributed by atoms with van der Waals surface area (Å²) in [5.41, 5.74) is 2.29. The Morgan fingerprint density at radius 2 is 1.67 bits per heavy atom. The first kappa shape index (κ1) is 24.9. The molecule has 0 aliphatic carbocycles. The number of carbonyl (C=O) groups is 1. The molecule has 2 aromatic carbocycles. The first-order valence-corrected chi connectivity index (χ1v) is 12.5. The van der Waals surface area contributed by atoms with Crippen molar-refractivity contribution in [3.8, 4) is 0 Å². The first-order valence-electron chi connectivity index (χ1n) is 11.1. The van der Waals surface area contributed by atoms with Gasteiger partial charge in [0.2, 0.25) is 0 Å². The lowest BCUT2D eigenvalue weighted by Crippen LogP contribution is -2.25. The molecule has 1 aromatic heterocycles. The third-order valence-electron chi connectivity index (χ3n) is 5.03. The lowest BCUT2D eigenvalue weighted by atomic mass is 10.0. The van der Waals surface area contributed by atoms with Gasteiger partial charge in [0.1, 0.15) is 5.60 Å². The largest absolute Gasteiger partial charge is 0.455 e. The van der Waals surface area contributed by atoms with Crippen LogP contribution in [0.2, 0.25) is 0 Å². The van der Waals surface area contributed by atoms with E-state index in [1.165, 1.54) is 0 Å². The Hall–Kier alpha value is -2.77. The molecule has 0 amide bonds. The van der Waals surface area contributed by atoms with Gasteiger partial charge in [0, 0.05) is 5.39 Å². The van der Waals surface area contributed by atoms with E-state index in [1.54, 1.807) is 24.3 Å². The standard InChI is InChI=1S/C26H31NO5S/c1-19-13-15-22(16-14-19)33(29,30)31-17-9-5-6-11-21-18-20-10-7-8-12-23(20)27-24(21)25(28)32-26(2,3)4/h7-8,10,12-16,18H,5-6,9,11,17H2,1-4H3. The first-order chi connectivity index (χ1) is 15.5. The van der Waals surface area contributed by atoms with E-state index in [2.05, 4.69) is 4.98 Å². The molecule has 176 valence electrons. The molecule has 6 nitrogen and oxygen atoms in total. The Bertz CT molecular complexity index is 1210. The summed E-state index contributed by atoms with van der Waals surface area (Å²) in [6.45, 7) is 7.50.